The van der Waals surface area contributed by atoms with Crippen LogP contribution in [0.25, 0.3) is 0 Å². The zero-order valence-corrected chi connectivity index (χ0v) is 47.1. The third kappa shape index (κ3) is 56.9. The number of phosphoric acid groups is 1. The summed E-state index contributed by atoms with van der Waals surface area (Å²) in [5, 5.41) is 0. The summed E-state index contributed by atoms with van der Waals surface area (Å²) >= 11 is 0. The molecule has 0 rings (SSSR count). The van der Waals surface area contributed by atoms with Gasteiger partial charge in [-0.15, -0.1) is 0 Å². The maximum Gasteiger partial charge on any atom is 0.472 e. The monoisotopic (exact) mass is 1020 g/mol. The molecule has 0 radical (unpaired) electrons. The first-order valence-electron chi connectivity index (χ1n) is 29.8. The lowest BCUT2D eigenvalue weighted by atomic mass is 10.0. The van der Waals surface area contributed by atoms with Crippen LogP contribution in [0.2, 0.25) is 0 Å². The molecule has 0 aromatic carbocycles. The quantitative estimate of drug-likeness (QED) is 0.0264. The van der Waals surface area contributed by atoms with Crippen molar-refractivity contribution >= 4 is 19.8 Å². The Bertz CT molecular complexity index is 1350. The predicted molar refractivity (Wildman–Crippen MR) is 303 cm³/mol. The van der Waals surface area contributed by atoms with E-state index in [9.17, 15) is 19.0 Å². The molecule has 0 aliphatic rings. The highest BCUT2D eigenvalue weighted by molar-refractivity contribution is 7.47. The van der Waals surface area contributed by atoms with E-state index >= 15 is 0 Å². The van der Waals surface area contributed by atoms with Gasteiger partial charge in [-0.25, -0.2) is 4.57 Å². The van der Waals surface area contributed by atoms with Gasteiger partial charge in [0.1, 0.15) is 6.61 Å². The molecule has 0 saturated carbocycles. The number of unbranched alkanes of at least 4 members (excludes halogenated alkanes) is 33. The molecule has 0 aromatic heterocycles. The van der Waals surface area contributed by atoms with Crippen LogP contribution in [0.4, 0.5) is 0 Å². The Kier molecular flexibility index (Phi) is 55.2. The molecule has 0 aliphatic carbocycles. The summed E-state index contributed by atoms with van der Waals surface area (Å²) in [6.07, 6.45) is 71.3. The largest absolute Gasteiger partial charge is 0.472 e. The molecule has 0 spiro atoms. The fourth-order valence-electron chi connectivity index (χ4n) is 8.44. The molecule has 2 unspecified atom stereocenters. The summed E-state index contributed by atoms with van der Waals surface area (Å²) in [4.78, 5) is 35.2. The van der Waals surface area contributed by atoms with Crippen LogP contribution in [0.15, 0.2) is 60.8 Å². The lowest BCUT2D eigenvalue weighted by Crippen LogP contribution is -2.29. The van der Waals surface area contributed by atoms with Crippen molar-refractivity contribution in [2.75, 3.05) is 26.4 Å². The third-order valence-corrected chi connectivity index (χ3v) is 13.9. The first-order valence-corrected chi connectivity index (χ1v) is 31.3. The van der Waals surface area contributed by atoms with Gasteiger partial charge in [-0.1, -0.05) is 248 Å². The minimum Gasteiger partial charge on any atom is -0.462 e. The van der Waals surface area contributed by atoms with Crippen molar-refractivity contribution < 1.29 is 37.6 Å². The minimum absolute atomic E-state index is 0.0508. The predicted octanol–water partition coefficient (Wildman–Crippen LogP) is 18.7. The van der Waals surface area contributed by atoms with Crippen LogP contribution in [0, 0.1) is 0 Å². The van der Waals surface area contributed by atoms with Crippen LogP contribution in [-0.4, -0.2) is 49.3 Å². The molecule has 0 amide bonds. The van der Waals surface area contributed by atoms with Crippen LogP contribution in [0.1, 0.15) is 284 Å². The zero-order valence-electron chi connectivity index (χ0n) is 46.2. The number of rotatable bonds is 56. The van der Waals surface area contributed by atoms with Crippen LogP contribution >= 0.6 is 7.82 Å². The van der Waals surface area contributed by atoms with E-state index in [1.807, 2.05) is 0 Å². The molecule has 414 valence electrons. The van der Waals surface area contributed by atoms with Crippen molar-refractivity contribution in [1.29, 1.82) is 0 Å². The van der Waals surface area contributed by atoms with Crippen LogP contribution in [0.5, 0.6) is 0 Å². The molecule has 10 heteroatoms. The highest BCUT2D eigenvalue weighted by Gasteiger charge is 2.26. The van der Waals surface area contributed by atoms with Crippen LogP contribution in [0.3, 0.4) is 0 Å². The topological polar surface area (TPSA) is 134 Å². The van der Waals surface area contributed by atoms with Crippen molar-refractivity contribution in [1.82, 2.24) is 0 Å². The van der Waals surface area contributed by atoms with E-state index in [-0.39, 0.29) is 38.6 Å². The number of carbonyl (C=O) groups excluding carboxylic acids is 2. The smallest absolute Gasteiger partial charge is 0.462 e. The van der Waals surface area contributed by atoms with E-state index in [1.54, 1.807) is 0 Å². The van der Waals surface area contributed by atoms with Gasteiger partial charge in [0.2, 0.25) is 0 Å². The van der Waals surface area contributed by atoms with E-state index in [1.165, 1.54) is 186 Å². The zero-order chi connectivity index (χ0) is 51.7. The van der Waals surface area contributed by atoms with Gasteiger partial charge in [0.25, 0.3) is 0 Å². The fraction of sp³-hybridized carbons (Fsp3) is 0.803. The molecule has 3 N–H and O–H groups in total. The molecule has 0 fully saturated rings. The van der Waals surface area contributed by atoms with Crippen molar-refractivity contribution in [2.45, 2.75) is 290 Å². The van der Waals surface area contributed by atoms with Crippen molar-refractivity contribution in [3.8, 4) is 0 Å². The second-order valence-corrected chi connectivity index (χ2v) is 21.3. The van der Waals surface area contributed by atoms with Crippen molar-refractivity contribution in [2.24, 2.45) is 5.73 Å². The van der Waals surface area contributed by atoms with Gasteiger partial charge < -0.3 is 20.1 Å². The highest BCUT2D eigenvalue weighted by atomic mass is 31.2. The summed E-state index contributed by atoms with van der Waals surface area (Å²) in [6.45, 7) is 3.74. The van der Waals surface area contributed by atoms with Gasteiger partial charge in [0, 0.05) is 19.4 Å². The Morgan fingerprint density at radius 2 is 0.732 bits per heavy atom. The van der Waals surface area contributed by atoms with E-state index in [0.717, 1.165) is 64.2 Å². The Morgan fingerprint density at radius 3 is 1.08 bits per heavy atom. The average Bonchev–Trinajstić information content (AvgIpc) is 3.36. The van der Waals surface area contributed by atoms with Crippen molar-refractivity contribution in [3.63, 3.8) is 0 Å². The maximum absolute atomic E-state index is 12.7. The maximum atomic E-state index is 12.7. The highest BCUT2D eigenvalue weighted by Crippen LogP contribution is 2.43. The molecular formula is C61H112NO8P. The first-order chi connectivity index (χ1) is 34.8. The Hall–Kier alpha value is -2.29. The lowest BCUT2D eigenvalue weighted by Gasteiger charge is -2.19. The number of hydrogen-bond acceptors (Lipinski definition) is 8. The van der Waals surface area contributed by atoms with E-state index in [4.69, 9.17) is 24.3 Å². The molecule has 0 heterocycles. The van der Waals surface area contributed by atoms with Gasteiger partial charge in [0.05, 0.1) is 13.2 Å². The number of ether oxygens (including phenoxy) is 2. The molecule has 71 heavy (non-hydrogen) atoms. The minimum atomic E-state index is -4.39. The number of carbonyl (C=O) groups is 2. The SMILES string of the molecule is CCCCCCC/C=C\C/C=C\C/C=C\CCCCCCCCCCC(=O)OC(COC(=O)CCCCCCCCCCCCCCCCC/C=C\C/C=C\CCCCCCC)COP(=O)(O)OCCN. The molecule has 2 atom stereocenters. The second-order valence-electron chi connectivity index (χ2n) is 19.9. The average molecular weight is 1020 g/mol. The second kappa shape index (κ2) is 57.0. The van der Waals surface area contributed by atoms with Gasteiger partial charge in [-0.2, -0.15) is 0 Å². The first kappa shape index (κ1) is 68.7. The Labute approximate surface area is 438 Å². The number of allylic oxidation sites excluding steroid dienone is 10. The summed E-state index contributed by atoms with van der Waals surface area (Å²) < 4.78 is 33.1. The number of esters is 2. The molecule has 0 bridgehead atoms. The van der Waals surface area contributed by atoms with E-state index in [2.05, 4.69) is 74.6 Å². The van der Waals surface area contributed by atoms with E-state index in [0.29, 0.717) is 6.42 Å². The van der Waals surface area contributed by atoms with Gasteiger partial charge in [0.15, 0.2) is 6.10 Å². The third-order valence-electron chi connectivity index (χ3n) is 12.9. The van der Waals surface area contributed by atoms with Gasteiger partial charge >= 0.3 is 19.8 Å². The van der Waals surface area contributed by atoms with Gasteiger partial charge in [-0.05, 0) is 83.5 Å². The normalized spacial score (nSPS) is 13.5. The molecular weight excluding hydrogens is 906 g/mol. The van der Waals surface area contributed by atoms with Gasteiger partial charge in [-0.3, -0.25) is 18.6 Å². The summed E-state index contributed by atoms with van der Waals surface area (Å²) in [5.41, 5.74) is 5.38. The Morgan fingerprint density at radius 1 is 0.423 bits per heavy atom. The van der Waals surface area contributed by atoms with Crippen LogP contribution in [-0.2, 0) is 32.7 Å². The summed E-state index contributed by atoms with van der Waals surface area (Å²) in [5.74, 6) is -0.828. The molecule has 9 nitrogen and oxygen atoms in total. The standard InChI is InChI=1S/C61H112NO8P/c1-3-5-7-9-11-13-15-17-19-21-23-25-27-28-29-30-32-33-35-37-39-41-43-45-47-49-51-53-60(63)67-57-59(58-69-71(65,66)68-56-55-62)70-61(64)54-52-50-48-46-44-42-40-38-36-34-31-26-24-22-20-18-16-14-12-10-8-6-4-2/h15-18,21-24,31,34,59H,3-14,19-20,25-30,32-33,35-58,62H2,1-2H3,(H,65,66)/b17-15-,18-16-,23-21-,24-22-,34-31-. The number of phosphoric ester groups is 1. The molecule has 0 saturated heterocycles. The molecule has 0 aliphatic heterocycles. The number of hydrogen-bond donors (Lipinski definition) is 2. The van der Waals surface area contributed by atoms with Crippen molar-refractivity contribution in [3.05, 3.63) is 60.8 Å². The molecule has 0 aromatic rings. The van der Waals surface area contributed by atoms with Crippen LogP contribution < -0.4 is 5.73 Å². The summed E-state index contributed by atoms with van der Waals surface area (Å²) in [7, 11) is -4.39. The number of nitrogens with two attached hydrogens (primary N) is 1. The summed E-state index contributed by atoms with van der Waals surface area (Å²) in [6, 6.07) is 0. The lowest BCUT2D eigenvalue weighted by molar-refractivity contribution is -0.161. The van der Waals surface area contributed by atoms with E-state index < -0.39 is 26.5 Å². The Balaban J connectivity index is 3.97. The fourth-order valence-corrected chi connectivity index (χ4v) is 9.20.